The number of unbranched alkanes of at least 4 members (excludes halogenated alkanes) is 38. The van der Waals surface area contributed by atoms with Gasteiger partial charge in [0.1, 0.15) is 13.2 Å². The first kappa shape index (κ1) is 76.6. The Morgan fingerprint density at radius 2 is 0.487 bits per heavy atom. The van der Waals surface area contributed by atoms with E-state index in [9.17, 15) is 14.4 Å². The lowest BCUT2D eigenvalue weighted by atomic mass is 10.0. The highest BCUT2D eigenvalue weighted by molar-refractivity contribution is 5.71. The fourth-order valence-electron chi connectivity index (χ4n) is 9.93. The molecule has 0 aliphatic rings. The first-order valence-electron chi connectivity index (χ1n) is 34.6. The van der Waals surface area contributed by atoms with Crippen LogP contribution in [0.2, 0.25) is 0 Å². The first-order valence-corrected chi connectivity index (χ1v) is 34.6. The van der Waals surface area contributed by atoms with Gasteiger partial charge in [0.25, 0.3) is 0 Å². The van der Waals surface area contributed by atoms with Gasteiger partial charge in [0.2, 0.25) is 0 Å². The molecule has 6 heteroatoms. The van der Waals surface area contributed by atoms with E-state index >= 15 is 0 Å². The van der Waals surface area contributed by atoms with Crippen molar-refractivity contribution in [3.05, 3.63) is 85.1 Å². The highest BCUT2D eigenvalue weighted by Crippen LogP contribution is 2.17. The monoisotopic (exact) mass is 1110 g/mol. The van der Waals surface area contributed by atoms with Crippen molar-refractivity contribution in [2.24, 2.45) is 0 Å². The molecule has 0 saturated heterocycles. The van der Waals surface area contributed by atoms with Crippen LogP contribution in [0.1, 0.15) is 348 Å². The summed E-state index contributed by atoms with van der Waals surface area (Å²) in [7, 11) is 0. The van der Waals surface area contributed by atoms with Crippen LogP contribution < -0.4 is 0 Å². The molecule has 1 unspecified atom stereocenters. The number of ether oxygens (including phenoxy) is 3. The predicted molar refractivity (Wildman–Crippen MR) is 348 cm³/mol. The molecule has 0 bridgehead atoms. The molecule has 0 fully saturated rings. The average Bonchev–Trinajstić information content (AvgIpc) is 3.46. The zero-order valence-corrected chi connectivity index (χ0v) is 53.1. The quantitative estimate of drug-likeness (QED) is 0.0261. The summed E-state index contributed by atoms with van der Waals surface area (Å²) in [6.45, 7) is 6.55. The fraction of sp³-hybridized carbons (Fsp3) is 0.770. The maximum Gasteiger partial charge on any atom is 0.306 e. The second-order valence-corrected chi connectivity index (χ2v) is 23.1. The van der Waals surface area contributed by atoms with Crippen LogP contribution in [-0.4, -0.2) is 37.2 Å². The van der Waals surface area contributed by atoms with Crippen LogP contribution in [0.25, 0.3) is 0 Å². The lowest BCUT2D eigenvalue weighted by Gasteiger charge is -2.18. The number of hydrogen-bond donors (Lipinski definition) is 0. The molecule has 0 aromatic rings. The maximum atomic E-state index is 13.0. The molecule has 0 aliphatic heterocycles. The Labute approximate surface area is 496 Å². The molecule has 6 nitrogen and oxygen atoms in total. The molecule has 80 heavy (non-hydrogen) atoms. The number of rotatable bonds is 63. The molecule has 1 atom stereocenters. The van der Waals surface area contributed by atoms with Gasteiger partial charge < -0.3 is 14.2 Å². The second-order valence-electron chi connectivity index (χ2n) is 23.1. The molecule has 0 aromatic heterocycles. The molecule has 0 radical (unpaired) electrons. The van der Waals surface area contributed by atoms with Gasteiger partial charge in [0.15, 0.2) is 6.10 Å². The molecule has 0 aliphatic carbocycles. The van der Waals surface area contributed by atoms with E-state index in [4.69, 9.17) is 14.2 Å². The number of hydrogen-bond acceptors (Lipinski definition) is 6. The van der Waals surface area contributed by atoms with Crippen LogP contribution in [0.4, 0.5) is 0 Å². The minimum absolute atomic E-state index is 0.0804. The summed E-state index contributed by atoms with van der Waals surface area (Å²) in [4.78, 5) is 38.5. The van der Waals surface area contributed by atoms with Gasteiger partial charge in [-0.1, -0.05) is 298 Å². The number of carbonyl (C=O) groups excluding carboxylic acids is 3. The normalized spacial score (nSPS) is 12.6. The van der Waals surface area contributed by atoms with Crippen molar-refractivity contribution in [2.75, 3.05) is 13.2 Å². The van der Waals surface area contributed by atoms with E-state index in [1.807, 2.05) is 0 Å². The molecule has 0 heterocycles. The van der Waals surface area contributed by atoms with Crippen LogP contribution in [0.3, 0.4) is 0 Å². The van der Waals surface area contributed by atoms with Crippen molar-refractivity contribution < 1.29 is 28.6 Å². The molecule has 0 spiro atoms. The van der Waals surface area contributed by atoms with Crippen molar-refractivity contribution in [1.82, 2.24) is 0 Å². The van der Waals surface area contributed by atoms with Crippen LogP contribution in [0, 0.1) is 0 Å². The smallest absolute Gasteiger partial charge is 0.306 e. The van der Waals surface area contributed by atoms with Crippen LogP contribution in [-0.2, 0) is 28.6 Å². The van der Waals surface area contributed by atoms with E-state index in [1.165, 1.54) is 212 Å². The molecular formula is C74H130O6. The predicted octanol–water partition coefficient (Wildman–Crippen LogP) is 23.8. The van der Waals surface area contributed by atoms with Crippen molar-refractivity contribution in [2.45, 2.75) is 354 Å². The summed E-state index contributed by atoms with van der Waals surface area (Å²) < 4.78 is 17.0. The minimum Gasteiger partial charge on any atom is -0.462 e. The number of allylic oxidation sites excluding steroid dienone is 14. The average molecular weight is 1120 g/mol. The second kappa shape index (κ2) is 68.1. The fourth-order valence-corrected chi connectivity index (χ4v) is 9.93. The van der Waals surface area contributed by atoms with Crippen molar-refractivity contribution >= 4 is 17.9 Å². The summed E-state index contributed by atoms with van der Waals surface area (Å²) in [5, 5.41) is 0. The Morgan fingerprint density at radius 3 is 0.787 bits per heavy atom. The third-order valence-corrected chi connectivity index (χ3v) is 15.1. The summed E-state index contributed by atoms with van der Waals surface area (Å²) in [6, 6.07) is 0. The van der Waals surface area contributed by atoms with E-state index in [2.05, 4.69) is 106 Å². The SMILES string of the molecule is CC/C=C\C/C=C\C/C=C\C/C=C\CCCCCCCCCCCCC(=O)OCC(COC(=O)CCCCCCCCC/C=C\C/C=C\CCCCCC)OC(=O)CCCCCCCCCCC/C=C\CCCCCCCCCC. The Morgan fingerprint density at radius 1 is 0.263 bits per heavy atom. The highest BCUT2D eigenvalue weighted by atomic mass is 16.6. The van der Waals surface area contributed by atoms with Crippen LogP contribution in [0.15, 0.2) is 85.1 Å². The zero-order valence-electron chi connectivity index (χ0n) is 53.1. The molecule has 0 N–H and O–H groups in total. The van der Waals surface area contributed by atoms with E-state index in [1.54, 1.807) is 0 Å². The Kier molecular flexibility index (Phi) is 65.2. The minimum atomic E-state index is -0.785. The van der Waals surface area contributed by atoms with Gasteiger partial charge >= 0.3 is 17.9 Å². The van der Waals surface area contributed by atoms with Crippen molar-refractivity contribution in [3.8, 4) is 0 Å². The van der Waals surface area contributed by atoms with Crippen LogP contribution >= 0.6 is 0 Å². The number of esters is 3. The van der Waals surface area contributed by atoms with Gasteiger partial charge in [0.05, 0.1) is 0 Å². The third-order valence-electron chi connectivity index (χ3n) is 15.1. The highest BCUT2D eigenvalue weighted by Gasteiger charge is 2.19. The van der Waals surface area contributed by atoms with Gasteiger partial charge in [-0.25, -0.2) is 0 Å². The molecule has 0 rings (SSSR count). The summed E-state index contributed by atoms with van der Waals surface area (Å²) in [5.74, 6) is -0.877. The van der Waals surface area contributed by atoms with Crippen LogP contribution in [0.5, 0.6) is 0 Å². The largest absolute Gasteiger partial charge is 0.462 e. The molecule has 462 valence electrons. The standard InChI is InChI=1S/C74H130O6/c1-4-7-10-13-16-19-22-25-28-31-34-36-37-39-40-43-46-49-52-55-58-61-64-67-73(76)79-70-71(69-78-72(75)66-63-60-57-54-51-48-45-42-33-30-27-24-21-18-15-12-9-6-3)80-74(77)68-65-62-59-56-53-50-47-44-41-38-35-32-29-26-23-20-17-14-11-8-5-2/h7,10,16,19,21,24-25,28,30,32-36,71H,4-6,8-9,11-15,17-18,20,22-23,26-27,29,31,37-70H2,1-3H3/b10-7-,19-16-,24-21-,28-25-,33-30-,35-32-,36-34-. The van der Waals surface area contributed by atoms with Crippen molar-refractivity contribution in [1.29, 1.82) is 0 Å². The molecule has 0 saturated carbocycles. The number of carbonyl (C=O) groups is 3. The molecule has 0 aromatic carbocycles. The lowest BCUT2D eigenvalue weighted by molar-refractivity contribution is -0.167. The summed E-state index contributed by atoms with van der Waals surface area (Å²) in [6.07, 6.45) is 90.2. The Balaban J connectivity index is 4.38. The summed E-state index contributed by atoms with van der Waals surface area (Å²) in [5.41, 5.74) is 0. The van der Waals surface area contributed by atoms with Gasteiger partial charge in [-0.05, 0) is 116 Å². The van der Waals surface area contributed by atoms with E-state index in [-0.39, 0.29) is 31.1 Å². The molecule has 0 amide bonds. The van der Waals surface area contributed by atoms with Gasteiger partial charge in [0, 0.05) is 19.3 Å². The van der Waals surface area contributed by atoms with Gasteiger partial charge in [-0.2, -0.15) is 0 Å². The Bertz CT molecular complexity index is 1520. The van der Waals surface area contributed by atoms with Gasteiger partial charge in [-0.15, -0.1) is 0 Å². The van der Waals surface area contributed by atoms with Gasteiger partial charge in [-0.3, -0.25) is 14.4 Å². The third kappa shape index (κ3) is 65.4. The Hall–Kier alpha value is -3.41. The lowest BCUT2D eigenvalue weighted by Crippen LogP contribution is -2.30. The van der Waals surface area contributed by atoms with Crippen molar-refractivity contribution in [3.63, 3.8) is 0 Å². The zero-order chi connectivity index (χ0) is 57.8. The first-order chi connectivity index (χ1) is 39.5. The van der Waals surface area contributed by atoms with E-state index in [0.29, 0.717) is 19.3 Å². The topological polar surface area (TPSA) is 78.9 Å². The van der Waals surface area contributed by atoms with E-state index < -0.39 is 6.10 Å². The summed E-state index contributed by atoms with van der Waals surface area (Å²) >= 11 is 0. The molecular weight excluding hydrogens is 985 g/mol. The van der Waals surface area contributed by atoms with E-state index in [0.717, 1.165) is 96.3 Å². The maximum absolute atomic E-state index is 13.0.